The van der Waals surface area contributed by atoms with Gasteiger partial charge in [0.15, 0.2) is 11.5 Å². The second-order valence-corrected chi connectivity index (χ2v) is 5.51. The quantitative estimate of drug-likeness (QED) is 0.836. The number of allylic oxidation sites excluding steroid dienone is 1. The molecule has 0 spiro atoms. The Balaban J connectivity index is 1.87. The van der Waals surface area contributed by atoms with E-state index in [9.17, 15) is 0 Å². The van der Waals surface area contributed by atoms with Crippen LogP contribution in [0.4, 0.5) is 0 Å². The first kappa shape index (κ1) is 13.7. The van der Waals surface area contributed by atoms with E-state index in [1.54, 1.807) is 6.08 Å². The van der Waals surface area contributed by atoms with Crippen LogP contribution in [0.2, 0.25) is 0 Å². The molecule has 0 bridgehead atoms. The summed E-state index contributed by atoms with van der Waals surface area (Å²) in [6.45, 7) is 0.232. The number of halogens is 1. The smallest absolute Gasteiger partial charge is 0.231 e. The molecule has 0 aliphatic carbocycles. The number of benzene rings is 2. The molecule has 0 atom stereocenters. The number of rotatable bonds is 3. The molecule has 1 aliphatic rings. The predicted molar refractivity (Wildman–Crippen MR) is 85.7 cm³/mol. The van der Waals surface area contributed by atoms with Crippen molar-refractivity contribution in [2.75, 3.05) is 6.79 Å². The van der Waals surface area contributed by atoms with Crippen molar-refractivity contribution in [1.29, 1.82) is 5.41 Å². The maximum atomic E-state index is 8.13. The Morgan fingerprint density at radius 3 is 2.71 bits per heavy atom. The van der Waals surface area contributed by atoms with Gasteiger partial charge in [0.25, 0.3) is 0 Å². The molecule has 1 heterocycles. The van der Waals surface area contributed by atoms with Gasteiger partial charge < -0.3 is 20.6 Å². The van der Waals surface area contributed by atoms with Gasteiger partial charge in [0.05, 0.1) is 5.71 Å². The highest BCUT2D eigenvalue weighted by atomic mass is 79.9. The first-order chi connectivity index (χ1) is 10.1. The Labute approximate surface area is 130 Å². The summed E-state index contributed by atoms with van der Waals surface area (Å²) in [6.07, 6.45) is 1.64. The van der Waals surface area contributed by atoms with Gasteiger partial charge in [-0.05, 0) is 36.4 Å². The largest absolute Gasteiger partial charge is 0.454 e. The van der Waals surface area contributed by atoms with Crippen LogP contribution in [-0.4, -0.2) is 12.5 Å². The molecule has 5 heteroatoms. The minimum Gasteiger partial charge on any atom is -0.454 e. The van der Waals surface area contributed by atoms with Crippen molar-refractivity contribution in [3.63, 3.8) is 0 Å². The van der Waals surface area contributed by atoms with Crippen LogP contribution in [0.5, 0.6) is 11.5 Å². The number of nitrogens with one attached hydrogen (secondary N) is 1. The molecule has 0 saturated heterocycles. The van der Waals surface area contributed by atoms with E-state index < -0.39 is 0 Å². The second-order valence-electron chi connectivity index (χ2n) is 4.59. The summed E-state index contributed by atoms with van der Waals surface area (Å²) in [5.74, 6) is 1.39. The van der Waals surface area contributed by atoms with Crippen molar-refractivity contribution in [2.45, 2.75) is 0 Å². The third kappa shape index (κ3) is 2.92. The van der Waals surface area contributed by atoms with Gasteiger partial charge >= 0.3 is 0 Å². The monoisotopic (exact) mass is 344 g/mol. The molecule has 0 amide bonds. The molecule has 0 unspecified atom stereocenters. The summed E-state index contributed by atoms with van der Waals surface area (Å²) in [6, 6.07) is 13.1. The summed E-state index contributed by atoms with van der Waals surface area (Å²) in [4.78, 5) is 0. The molecule has 0 saturated carbocycles. The molecule has 3 N–H and O–H groups in total. The van der Waals surface area contributed by atoms with Crippen molar-refractivity contribution >= 4 is 27.3 Å². The fraction of sp³-hybridized carbons (Fsp3) is 0.0625. The topological polar surface area (TPSA) is 68.3 Å². The van der Waals surface area contributed by atoms with Crippen LogP contribution in [0, 0.1) is 5.41 Å². The van der Waals surface area contributed by atoms with Crippen LogP contribution in [0.25, 0.3) is 5.70 Å². The highest BCUT2D eigenvalue weighted by molar-refractivity contribution is 9.10. The maximum Gasteiger partial charge on any atom is 0.231 e. The molecule has 106 valence electrons. The Morgan fingerprint density at radius 2 is 1.90 bits per heavy atom. The molecule has 21 heavy (non-hydrogen) atoms. The lowest BCUT2D eigenvalue weighted by Crippen LogP contribution is -2.02. The highest BCUT2D eigenvalue weighted by Gasteiger charge is 2.14. The van der Waals surface area contributed by atoms with Crippen LogP contribution in [0.15, 0.2) is 53.0 Å². The minimum absolute atomic E-state index is 0.232. The van der Waals surface area contributed by atoms with E-state index in [4.69, 9.17) is 20.6 Å². The van der Waals surface area contributed by atoms with Gasteiger partial charge in [-0.3, -0.25) is 0 Å². The van der Waals surface area contributed by atoms with E-state index >= 15 is 0 Å². The van der Waals surface area contributed by atoms with Crippen molar-refractivity contribution in [3.05, 3.63) is 64.1 Å². The van der Waals surface area contributed by atoms with Gasteiger partial charge in [-0.15, -0.1) is 0 Å². The van der Waals surface area contributed by atoms with Crippen molar-refractivity contribution in [1.82, 2.24) is 0 Å². The summed E-state index contributed by atoms with van der Waals surface area (Å²) >= 11 is 3.40. The normalized spacial score (nSPS) is 13.3. The number of hydrogen-bond acceptors (Lipinski definition) is 4. The van der Waals surface area contributed by atoms with Gasteiger partial charge in [0.2, 0.25) is 6.79 Å². The first-order valence-electron chi connectivity index (χ1n) is 6.35. The molecule has 0 aromatic heterocycles. The number of fused-ring (bicyclic) bond motifs is 1. The molecular formula is C16H13BrN2O2. The minimum atomic E-state index is 0.232. The number of nitrogens with two attached hydrogens (primary N) is 1. The summed E-state index contributed by atoms with van der Waals surface area (Å²) in [5.41, 5.74) is 8.55. The van der Waals surface area contributed by atoms with Gasteiger partial charge in [0.1, 0.15) is 0 Å². The Hall–Kier alpha value is -2.27. The first-order valence-corrected chi connectivity index (χ1v) is 7.14. The van der Waals surface area contributed by atoms with Gasteiger partial charge in [-0.2, -0.15) is 0 Å². The van der Waals surface area contributed by atoms with Crippen LogP contribution >= 0.6 is 15.9 Å². The average molecular weight is 345 g/mol. The van der Waals surface area contributed by atoms with E-state index in [1.807, 2.05) is 42.5 Å². The molecule has 0 fully saturated rings. The molecular weight excluding hydrogens is 332 g/mol. The second kappa shape index (κ2) is 5.61. The van der Waals surface area contributed by atoms with Gasteiger partial charge in [-0.1, -0.05) is 28.1 Å². The highest BCUT2D eigenvalue weighted by Crippen LogP contribution is 2.33. The molecule has 0 radical (unpaired) electrons. The van der Waals surface area contributed by atoms with Crippen LogP contribution in [0.3, 0.4) is 0 Å². The average Bonchev–Trinajstić information content (AvgIpc) is 2.94. The molecule has 4 nitrogen and oxygen atoms in total. The molecule has 2 aromatic rings. The zero-order chi connectivity index (χ0) is 14.8. The lowest BCUT2D eigenvalue weighted by molar-refractivity contribution is 0.174. The Bertz CT molecular complexity index is 741. The fourth-order valence-corrected chi connectivity index (χ4v) is 2.45. The van der Waals surface area contributed by atoms with E-state index in [2.05, 4.69) is 15.9 Å². The summed E-state index contributed by atoms with van der Waals surface area (Å²) in [7, 11) is 0. The molecule has 2 aromatic carbocycles. The lowest BCUT2D eigenvalue weighted by atomic mass is 10.1. The standard InChI is InChI=1S/C16H13BrN2O2/c17-12-3-1-2-10(6-12)13(18)8-14(19)11-4-5-15-16(7-11)21-9-20-15/h1-8,18H,9,19H2. The summed E-state index contributed by atoms with van der Waals surface area (Å²) < 4.78 is 11.5. The van der Waals surface area contributed by atoms with Gasteiger partial charge in [-0.25, -0.2) is 0 Å². The molecule has 1 aliphatic heterocycles. The SMILES string of the molecule is N=C(C=C(N)c1ccc2c(c1)OCO2)c1cccc(Br)c1. The third-order valence-corrected chi connectivity index (χ3v) is 3.63. The number of ether oxygens (including phenoxy) is 2. The third-order valence-electron chi connectivity index (χ3n) is 3.14. The van der Waals surface area contributed by atoms with Crippen LogP contribution in [-0.2, 0) is 0 Å². The summed E-state index contributed by atoms with van der Waals surface area (Å²) in [5, 5.41) is 8.13. The lowest BCUT2D eigenvalue weighted by Gasteiger charge is -2.05. The van der Waals surface area contributed by atoms with Crippen molar-refractivity contribution < 1.29 is 9.47 Å². The maximum absolute atomic E-state index is 8.13. The van der Waals surface area contributed by atoms with E-state index in [-0.39, 0.29) is 6.79 Å². The Kier molecular flexibility index (Phi) is 3.66. The zero-order valence-electron chi connectivity index (χ0n) is 11.1. The predicted octanol–water partition coefficient (Wildman–Crippen LogP) is 3.55. The van der Waals surface area contributed by atoms with E-state index in [0.717, 1.165) is 15.6 Å². The zero-order valence-corrected chi connectivity index (χ0v) is 12.7. The van der Waals surface area contributed by atoms with Gasteiger partial charge in [0, 0.05) is 21.3 Å². The van der Waals surface area contributed by atoms with E-state index in [0.29, 0.717) is 22.9 Å². The number of hydrogen-bond donors (Lipinski definition) is 2. The van der Waals surface area contributed by atoms with Crippen LogP contribution in [0.1, 0.15) is 11.1 Å². The molecule has 3 rings (SSSR count). The van der Waals surface area contributed by atoms with Crippen molar-refractivity contribution in [2.24, 2.45) is 5.73 Å². The van der Waals surface area contributed by atoms with Crippen molar-refractivity contribution in [3.8, 4) is 11.5 Å². The van der Waals surface area contributed by atoms with E-state index in [1.165, 1.54) is 0 Å². The fourth-order valence-electron chi connectivity index (χ4n) is 2.05. The van der Waals surface area contributed by atoms with Crippen LogP contribution < -0.4 is 15.2 Å². The Morgan fingerprint density at radius 1 is 1.10 bits per heavy atom.